The average Bonchev–Trinajstić information content (AvgIpc) is 2.81. The van der Waals surface area contributed by atoms with Crippen molar-refractivity contribution in [3.8, 4) is 5.75 Å². The molecule has 2 aromatic carbocycles. The van der Waals surface area contributed by atoms with Crippen molar-refractivity contribution in [2.75, 3.05) is 13.2 Å². The smallest absolute Gasteiger partial charge is 0.335 e. The molecule has 7 heteroatoms. The van der Waals surface area contributed by atoms with Crippen LogP contribution in [-0.4, -0.2) is 34.8 Å². The summed E-state index contributed by atoms with van der Waals surface area (Å²) < 4.78 is 18.3. The molecule has 0 fully saturated rings. The molecule has 7 nitrogen and oxygen atoms in total. The standard InChI is InChI=1S/C25H30N2O5/c1-4-6-15-31-22(25(29)30-5-2)16-18-11-13-19(14-12-18)32-17-23-26-21-10-8-7-9-20(21)24(28)27(23)3/h7-14,22H,4-6,15-17H2,1-3H3. The molecule has 0 radical (unpaired) electrons. The average molecular weight is 439 g/mol. The van der Waals surface area contributed by atoms with Crippen LogP contribution in [0.3, 0.4) is 0 Å². The number of unbranched alkanes of at least 4 members (excludes halogenated alkanes) is 1. The Morgan fingerprint density at radius 1 is 1.09 bits per heavy atom. The van der Waals surface area contributed by atoms with Gasteiger partial charge in [0.05, 0.1) is 17.5 Å². The second-order valence-electron chi connectivity index (χ2n) is 7.51. The maximum absolute atomic E-state index is 12.5. The van der Waals surface area contributed by atoms with Crippen LogP contribution in [0.1, 0.15) is 38.1 Å². The van der Waals surface area contributed by atoms with Gasteiger partial charge in [0.15, 0.2) is 6.10 Å². The van der Waals surface area contributed by atoms with Gasteiger partial charge in [0.1, 0.15) is 18.2 Å². The minimum Gasteiger partial charge on any atom is -0.486 e. The van der Waals surface area contributed by atoms with Crippen molar-refractivity contribution in [2.45, 2.75) is 45.8 Å². The molecular formula is C25H30N2O5. The molecule has 1 atom stereocenters. The highest BCUT2D eigenvalue weighted by Gasteiger charge is 2.21. The van der Waals surface area contributed by atoms with Crippen molar-refractivity contribution >= 4 is 16.9 Å². The quantitative estimate of drug-likeness (QED) is 0.335. The number of carbonyl (C=O) groups excluding carboxylic acids is 1. The Morgan fingerprint density at radius 3 is 2.56 bits per heavy atom. The third-order valence-corrected chi connectivity index (χ3v) is 5.15. The van der Waals surface area contributed by atoms with Gasteiger partial charge in [-0.1, -0.05) is 37.6 Å². The van der Waals surface area contributed by atoms with E-state index in [0.717, 1.165) is 18.4 Å². The van der Waals surface area contributed by atoms with Crippen molar-refractivity contribution in [3.63, 3.8) is 0 Å². The fraction of sp³-hybridized carbons (Fsp3) is 0.400. The van der Waals surface area contributed by atoms with E-state index in [4.69, 9.17) is 14.2 Å². The van der Waals surface area contributed by atoms with E-state index in [9.17, 15) is 9.59 Å². The van der Waals surface area contributed by atoms with E-state index in [2.05, 4.69) is 11.9 Å². The van der Waals surface area contributed by atoms with E-state index in [1.807, 2.05) is 42.5 Å². The first-order valence-corrected chi connectivity index (χ1v) is 11.0. The van der Waals surface area contributed by atoms with Gasteiger partial charge in [-0.3, -0.25) is 9.36 Å². The summed E-state index contributed by atoms with van der Waals surface area (Å²) in [5.41, 5.74) is 1.50. The fourth-order valence-electron chi connectivity index (χ4n) is 3.29. The largest absolute Gasteiger partial charge is 0.486 e. The lowest BCUT2D eigenvalue weighted by atomic mass is 10.1. The van der Waals surface area contributed by atoms with E-state index in [0.29, 0.717) is 42.1 Å². The van der Waals surface area contributed by atoms with Gasteiger partial charge >= 0.3 is 5.97 Å². The highest BCUT2D eigenvalue weighted by Crippen LogP contribution is 2.17. The van der Waals surface area contributed by atoms with E-state index >= 15 is 0 Å². The molecule has 0 aliphatic rings. The summed E-state index contributed by atoms with van der Waals surface area (Å²) in [6, 6.07) is 14.7. The first-order chi connectivity index (χ1) is 15.5. The van der Waals surface area contributed by atoms with E-state index < -0.39 is 6.10 Å². The van der Waals surface area contributed by atoms with Crippen molar-refractivity contribution in [1.82, 2.24) is 9.55 Å². The molecule has 0 amide bonds. The van der Waals surface area contributed by atoms with Crippen molar-refractivity contribution < 1.29 is 19.0 Å². The van der Waals surface area contributed by atoms with Gasteiger partial charge in [0, 0.05) is 20.1 Å². The lowest BCUT2D eigenvalue weighted by Crippen LogP contribution is -2.29. The minimum absolute atomic E-state index is 0.0994. The molecule has 0 bridgehead atoms. The molecule has 32 heavy (non-hydrogen) atoms. The maximum atomic E-state index is 12.5. The highest BCUT2D eigenvalue weighted by atomic mass is 16.6. The van der Waals surface area contributed by atoms with Gasteiger partial charge in [-0.2, -0.15) is 0 Å². The van der Waals surface area contributed by atoms with Crippen molar-refractivity contribution in [3.05, 3.63) is 70.3 Å². The zero-order valence-corrected chi connectivity index (χ0v) is 18.9. The van der Waals surface area contributed by atoms with Crippen LogP contribution < -0.4 is 10.3 Å². The normalized spacial score (nSPS) is 12.0. The molecule has 0 spiro atoms. The van der Waals surface area contributed by atoms with Gasteiger partial charge in [0.25, 0.3) is 5.56 Å². The van der Waals surface area contributed by atoms with Crippen LogP contribution in [-0.2, 0) is 34.3 Å². The highest BCUT2D eigenvalue weighted by molar-refractivity contribution is 5.77. The summed E-state index contributed by atoms with van der Waals surface area (Å²) in [6.07, 6.45) is 1.71. The third-order valence-electron chi connectivity index (χ3n) is 5.15. The van der Waals surface area contributed by atoms with Gasteiger partial charge in [0.2, 0.25) is 0 Å². The Balaban J connectivity index is 1.65. The predicted octanol–water partition coefficient (Wildman–Crippen LogP) is 3.80. The summed E-state index contributed by atoms with van der Waals surface area (Å²) in [7, 11) is 1.69. The summed E-state index contributed by atoms with van der Waals surface area (Å²) in [6.45, 7) is 4.88. The van der Waals surface area contributed by atoms with Crippen LogP contribution in [0.2, 0.25) is 0 Å². The van der Waals surface area contributed by atoms with E-state index in [-0.39, 0.29) is 18.1 Å². The number of hydrogen-bond donors (Lipinski definition) is 0. The molecule has 1 unspecified atom stereocenters. The molecule has 1 heterocycles. The minimum atomic E-state index is -0.621. The van der Waals surface area contributed by atoms with Crippen LogP contribution in [0.5, 0.6) is 5.75 Å². The molecule has 3 aromatic rings. The van der Waals surface area contributed by atoms with E-state index in [1.54, 1.807) is 20.0 Å². The lowest BCUT2D eigenvalue weighted by Gasteiger charge is -2.17. The van der Waals surface area contributed by atoms with Gasteiger partial charge in [-0.05, 0) is 43.2 Å². The Hall–Kier alpha value is -3.19. The number of aromatic nitrogens is 2. The molecule has 0 saturated carbocycles. The molecule has 0 aliphatic heterocycles. The predicted molar refractivity (Wildman–Crippen MR) is 123 cm³/mol. The monoisotopic (exact) mass is 438 g/mol. The van der Waals surface area contributed by atoms with Crippen LogP contribution >= 0.6 is 0 Å². The molecule has 0 N–H and O–H groups in total. The molecule has 170 valence electrons. The van der Waals surface area contributed by atoms with E-state index in [1.165, 1.54) is 4.57 Å². The van der Waals surface area contributed by atoms with Gasteiger partial charge < -0.3 is 14.2 Å². The SMILES string of the molecule is CCCCOC(Cc1ccc(OCc2nc3ccccc3c(=O)n2C)cc1)C(=O)OCC. The topological polar surface area (TPSA) is 79.7 Å². The summed E-state index contributed by atoms with van der Waals surface area (Å²) >= 11 is 0. The Labute approximate surface area is 187 Å². The number of rotatable bonds is 11. The number of para-hydroxylation sites is 1. The van der Waals surface area contributed by atoms with Crippen molar-refractivity contribution in [1.29, 1.82) is 0 Å². The van der Waals surface area contributed by atoms with Gasteiger partial charge in [-0.25, -0.2) is 9.78 Å². The van der Waals surface area contributed by atoms with Crippen LogP contribution in [0.15, 0.2) is 53.3 Å². The third kappa shape index (κ3) is 5.95. The number of carbonyl (C=O) groups is 1. The molecule has 0 saturated heterocycles. The maximum Gasteiger partial charge on any atom is 0.335 e. The fourth-order valence-corrected chi connectivity index (χ4v) is 3.29. The first-order valence-electron chi connectivity index (χ1n) is 11.0. The van der Waals surface area contributed by atoms with Crippen LogP contribution in [0, 0.1) is 0 Å². The summed E-state index contributed by atoms with van der Waals surface area (Å²) in [5, 5.41) is 0.584. The number of benzene rings is 2. The Bertz CT molecular complexity index is 1090. The summed E-state index contributed by atoms with van der Waals surface area (Å²) in [5.74, 6) is 0.854. The van der Waals surface area contributed by atoms with Crippen LogP contribution in [0.4, 0.5) is 0 Å². The molecule has 0 aliphatic carbocycles. The Kier molecular flexibility index (Phi) is 8.39. The van der Waals surface area contributed by atoms with Crippen LogP contribution in [0.25, 0.3) is 10.9 Å². The number of hydrogen-bond acceptors (Lipinski definition) is 6. The van der Waals surface area contributed by atoms with Gasteiger partial charge in [-0.15, -0.1) is 0 Å². The number of fused-ring (bicyclic) bond motifs is 1. The zero-order valence-electron chi connectivity index (χ0n) is 18.9. The summed E-state index contributed by atoms with van der Waals surface area (Å²) in [4.78, 5) is 29.3. The molecule has 1 aromatic heterocycles. The number of nitrogens with zero attached hydrogens (tertiary/aromatic N) is 2. The zero-order chi connectivity index (χ0) is 22.9. The first kappa shape index (κ1) is 23.5. The van der Waals surface area contributed by atoms with Crippen molar-refractivity contribution in [2.24, 2.45) is 7.05 Å². The Morgan fingerprint density at radius 2 is 1.84 bits per heavy atom. The second kappa shape index (κ2) is 11.4. The second-order valence-corrected chi connectivity index (χ2v) is 7.51. The number of esters is 1. The molecular weight excluding hydrogens is 408 g/mol. The lowest BCUT2D eigenvalue weighted by molar-refractivity contribution is -0.156. The molecule has 3 rings (SSSR count). The number of ether oxygens (including phenoxy) is 3.